The Morgan fingerprint density at radius 3 is 1.33 bits per heavy atom. The second-order valence-electron chi connectivity index (χ2n) is 17.1. The third-order valence-electron chi connectivity index (χ3n) is 11.4. The molecule has 1 aliphatic heterocycles. The molecule has 4 heteroatoms. The number of halogens is 2. The second kappa shape index (κ2) is 20.9. The van der Waals surface area contributed by atoms with Crippen LogP contribution in [0.25, 0.3) is 54.9 Å². The molecule has 60 heavy (non-hydrogen) atoms. The van der Waals surface area contributed by atoms with Crippen LogP contribution in [0.3, 0.4) is 0 Å². The van der Waals surface area contributed by atoms with Crippen LogP contribution in [-0.4, -0.2) is 9.52 Å². The number of hydrogen-bond acceptors (Lipinski definition) is 0. The Morgan fingerprint density at radius 2 is 0.883 bits per heavy atom. The standard InChI is InChI=1S/2C22H25.C12H7Si.2ClH.Zr/c2*1-14(2)18-8-6-7-9-20(18)22-19(15(3)4)11-10-17-12-16(5)13-21(17)22;1-3-7-11-9(5-1)10-6-2-4-8-12(10)13-11;;;/h2*6-15H,1-5H3;1-7H;2*1H;/q3*-1;;;+2/p-2. The van der Waals surface area contributed by atoms with Gasteiger partial charge in [-0.05, 0) is 45.9 Å². The van der Waals surface area contributed by atoms with Gasteiger partial charge in [-0.15, -0.1) is 74.6 Å². The summed E-state index contributed by atoms with van der Waals surface area (Å²) in [6, 6.07) is 54.4. The molecule has 0 nitrogen and oxygen atoms in total. The van der Waals surface area contributed by atoms with E-state index in [1.165, 1.54) is 98.7 Å². The number of hydrogen-bond donors (Lipinski definition) is 0. The van der Waals surface area contributed by atoms with Gasteiger partial charge in [-0.2, -0.15) is 41.6 Å². The molecule has 0 bridgehead atoms. The van der Waals surface area contributed by atoms with Crippen molar-refractivity contribution in [1.82, 2.24) is 0 Å². The summed E-state index contributed by atoms with van der Waals surface area (Å²) in [5.41, 5.74) is 16.9. The molecule has 1 aliphatic rings. The zero-order chi connectivity index (χ0) is 43.1. The third-order valence-corrected chi connectivity index (χ3v) is 12.8. The van der Waals surface area contributed by atoms with E-state index in [1.54, 1.807) is 0 Å². The topological polar surface area (TPSA) is 0 Å². The Labute approximate surface area is 381 Å². The first-order chi connectivity index (χ1) is 28.8. The molecular weight excluding hydrogens is 863 g/mol. The van der Waals surface area contributed by atoms with Gasteiger partial charge in [0, 0.05) is 0 Å². The van der Waals surface area contributed by atoms with Crippen molar-refractivity contribution >= 4 is 58.5 Å². The molecule has 0 saturated heterocycles. The molecule has 0 unspecified atom stereocenters. The van der Waals surface area contributed by atoms with Crippen LogP contribution in [0.4, 0.5) is 0 Å². The molecule has 1 heterocycles. The smallest absolute Gasteiger partial charge is 0.0920 e. The maximum atomic E-state index is 4.93. The number of aryl methyl sites for hydroxylation is 2. The summed E-state index contributed by atoms with van der Waals surface area (Å²) in [4.78, 5) is 0. The first-order valence-electron chi connectivity index (χ1n) is 21.3. The Morgan fingerprint density at radius 1 is 0.483 bits per heavy atom. The van der Waals surface area contributed by atoms with Crippen molar-refractivity contribution in [2.45, 2.75) is 92.9 Å². The van der Waals surface area contributed by atoms with E-state index in [1.807, 2.05) is 6.07 Å². The van der Waals surface area contributed by atoms with Crippen LogP contribution in [-0.2, 0) is 20.8 Å². The van der Waals surface area contributed by atoms with Crippen LogP contribution >= 0.6 is 17.0 Å². The minimum absolute atomic E-state index is 0.523. The molecule has 8 aromatic carbocycles. The van der Waals surface area contributed by atoms with E-state index in [0.717, 1.165) is 9.52 Å². The van der Waals surface area contributed by atoms with Crippen LogP contribution in [0.5, 0.6) is 0 Å². The SMILES string of the molecule is Cc1cc2c(-c3ccccc3C(C)C)c(C(C)C)ccc2[cH-]1.Cc1cc2c(-c3ccccc3C(C)C)c(C(C)C)ccc2[cH-]1.[Cl][Zr][Cl].[c-]1cccc2c1[Si]c1ccccc1-2. The normalized spacial score (nSPS) is 11.5. The van der Waals surface area contributed by atoms with Crippen molar-refractivity contribution in [3.63, 3.8) is 0 Å². The van der Waals surface area contributed by atoms with Crippen LogP contribution in [0.15, 0.2) is 140 Å². The van der Waals surface area contributed by atoms with Crippen LogP contribution in [0, 0.1) is 19.9 Å². The van der Waals surface area contributed by atoms with Gasteiger partial charge < -0.3 is 0 Å². The molecule has 0 fully saturated rings. The van der Waals surface area contributed by atoms with Gasteiger partial charge in [-0.25, -0.2) is 0 Å². The van der Waals surface area contributed by atoms with Crippen molar-refractivity contribution < 1.29 is 20.8 Å². The Kier molecular flexibility index (Phi) is 15.9. The first-order valence-corrected chi connectivity index (χ1v) is 28.6. The summed E-state index contributed by atoms with van der Waals surface area (Å²) in [6.45, 7) is 22.7. The largest absolute Gasteiger partial charge is 0.184 e. The van der Waals surface area contributed by atoms with Gasteiger partial charge in [0.05, 0.1) is 9.52 Å². The zero-order valence-electron chi connectivity index (χ0n) is 36.8. The fourth-order valence-electron chi connectivity index (χ4n) is 8.64. The van der Waals surface area contributed by atoms with Gasteiger partial charge in [-0.1, -0.05) is 175 Å². The average Bonchev–Trinajstić information content (AvgIpc) is 3.93. The predicted molar refractivity (Wildman–Crippen MR) is 263 cm³/mol. The van der Waals surface area contributed by atoms with Gasteiger partial charge in [0.2, 0.25) is 0 Å². The molecule has 306 valence electrons. The van der Waals surface area contributed by atoms with Crippen molar-refractivity contribution in [2.75, 3.05) is 0 Å². The van der Waals surface area contributed by atoms with Gasteiger partial charge in [-0.3, -0.25) is 0 Å². The van der Waals surface area contributed by atoms with Crippen molar-refractivity contribution in [2.24, 2.45) is 0 Å². The molecule has 2 radical (unpaired) electrons. The molecule has 0 aliphatic carbocycles. The summed E-state index contributed by atoms with van der Waals surface area (Å²) in [7, 11) is 10.7. The predicted octanol–water partition coefficient (Wildman–Crippen LogP) is 16.1. The minimum Gasteiger partial charge on any atom is -0.184 e. The summed E-state index contributed by atoms with van der Waals surface area (Å²) in [5.74, 6) is 2.11. The molecule has 0 saturated carbocycles. The quantitative estimate of drug-likeness (QED) is 0.115. The number of fused-ring (bicyclic) bond motifs is 5. The summed E-state index contributed by atoms with van der Waals surface area (Å²) in [6.07, 6.45) is 0. The van der Waals surface area contributed by atoms with E-state index >= 15 is 0 Å². The van der Waals surface area contributed by atoms with Crippen molar-refractivity contribution in [3.05, 3.63) is 179 Å². The second-order valence-corrected chi connectivity index (χ2v) is 22.1. The van der Waals surface area contributed by atoms with Crippen molar-refractivity contribution in [3.8, 4) is 33.4 Å². The van der Waals surface area contributed by atoms with Gasteiger partial charge in [0.25, 0.3) is 0 Å². The monoisotopic (exact) mass is 917 g/mol. The zero-order valence-corrected chi connectivity index (χ0v) is 41.8. The van der Waals surface area contributed by atoms with Crippen LogP contribution in [0.2, 0.25) is 0 Å². The van der Waals surface area contributed by atoms with E-state index in [-0.39, 0.29) is 0 Å². The summed E-state index contributed by atoms with van der Waals surface area (Å²) in [5, 5.41) is 8.34. The Balaban J connectivity index is 0.000000150. The van der Waals surface area contributed by atoms with E-state index in [4.69, 9.17) is 17.0 Å². The molecule has 0 spiro atoms. The van der Waals surface area contributed by atoms with E-state index in [9.17, 15) is 0 Å². The van der Waals surface area contributed by atoms with E-state index in [2.05, 4.69) is 209 Å². The van der Waals surface area contributed by atoms with E-state index in [0.29, 0.717) is 23.7 Å². The maximum Gasteiger partial charge on any atom is 0.0920 e. The van der Waals surface area contributed by atoms with Gasteiger partial charge in [0.1, 0.15) is 0 Å². The molecule has 0 amide bonds. The van der Waals surface area contributed by atoms with Crippen molar-refractivity contribution in [1.29, 1.82) is 0 Å². The molecule has 8 aromatic rings. The van der Waals surface area contributed by atoms with E-state index < -0.39 is 20.8 Å². The minimum atomic E-state index is -0.826. The molecule has 0 atom stereocenters. The summed E-state index contributed by atoms with van der Waals surface area (Å²) >= 11 is -0.826. The fourth-order valence-corrected chi connectivity index (χ4v) is 9.95. The fraction of sp³-hybridized carbons (Fsp3) is 0.250. The van der Waals surface area contributed by atoms with Crippen LogP contribution in [0.1, 0.15) is 112 Å². The third kappa shape index (κ3) is 10.3. The molecule has 0 aromatic heterocycles. The Hall–Kier alpha value is -3.78. The van der Waals surface area contributed by atoms with Gasteiger partial charge in [0.15, 0.2) is 0 Å². The number of benzene rings is 6. The summed E-state index contributed by atoms with van der Waals surface area (Å²) < 4.78 is 0. The molecular formula is C56H57Cl2SiZr-3. The Bertz CT molecular complexity index is 2490. The van der Waals surface area contributed by atoms with Gasteiger partial charge >= 0.3 is 37.9 Å². The van der Waals surface area contributed by atoms with Crippen LogP contribution < -0.4 is 10.4 Å². The molecule has 9 rings (SSSR count). The maximum absolute atomic E-state index is 4.93. The first kappa shape index (κ1) is 45.7. The average molecular weight is 920 g/mol. The molecule has 0 N–H and O–H groups in total. The number of rotatable bonds is 6.